The summed E-state index contributed by atoms with van der Waals surface area (Å²) < 4.78 is 6.01. The summed E-state index contributed by atoms with van der Waals surface area (Å²) in [5.41, 5.74) is 4.63. The van der Waals surface area contributed by atoms with Gasteiger partial charge in [-0.15, -0.1) is 0 Å². The van der Waals surface area contributed by atoms with E-state index in [1.165, 1.54) is 18.9 Å². The first-order valence-corrected chi connectivity index (χ1v) is 12.2. The number of hydrogen-bond acceptors (Lipinski definition) is 7. The number of hydrogen-bond donors (Lipinski definition) is 0. The molecule has 1 atom stereocenters. The van der Waals surface area contributed by atoms with Gasteiger partial charge in [0.05, 0.1) is 24.2 Å². The number of halogens is 1. The number of allylic oxidation sites excluding steroid dienone is 1. The fourth-order valence-electron chi connectivity index (χ4n) is 3.76. The normalized spacial score (nSPS) is 19.3. The largest absolute Gasteiger partial charge is 0.464 e. The molecular formula is C26H21BrN4O2S. The number of nitrogens with zero attached hydrogens (tertiary/aromatic N) is 4. The quantitative estimate of drug-likeness (QED) is 0.389. The van der Waals surface area contributed by atoms with Gasteiger partial charge >= 0.3 is 5.97 Å². The van der Waals surface area contributed by atoms with E-state index >= 15 is 0 Å². The van der Waals surface area contributed by atoms with Crippen LogP contribution in [0, 0.1) is 6.92 Å². The minimum Gasteiger partial charge on any atom is -0.464 e. The number of hydrazone groups is 2. The molecule has 170 valence electrons. The fraction of sp³-hybridized carbons (Fsp3) is 0.115. The summed E-state index contributed by atoms with van der Waals surface area (Å²) in [6.07, 6.45) is 4.01. The minimum absolute atomic E-state index is 0.260. The Morgan fingerprint density at radius 2 is 1.56 bits per heavy atom. The van der Waals surface area contributed by atoms with Crippen LogP contribution in [0.3, 0.4) is 0 Å². The Morgan fingerprint density at radius 3 is 2.24 bits per heavy atom. The number of thioether (sulfide) groups is 1. The number of methoxy groups -OCH3 is 1. The molecule has 0 aromatic heterocycles. The molecule has 3 aromatic carbocycles. The zero-order valence-corrected chi connectivity index (χ0v) is 21.0. The molecule has 0 radical (unpaired) electrons. The van der Waals surface area contributed by atoms with E-state index < -0.39 is 11.0 Å². The van der Waals surface area contributed by atoms with Gasteiger partial charge in [0.25, 0.3) is 0 Å². The molecule has 0 aliphatic carbocycles. The van der Waals surface area contributed by atoms with Crippen LogP contribution in [0.5, 0.6) is 0 Å². The third-order valence-corrected chi connectivity index (χ3v) is 7.24. The van der Waals surface area contributed by atoms with Crippen molar-refractivity contribution in [3.8, 4) is 0 Å². The van der Waals surface area contributed by atoms with Gasteiger partial charge < -0.3 is 4.74 Å². The number of carbonyl (C=O) groups excluding carboxylic acids is 1. The van der Waals surface area contributed by atoms with E-state index in [2.05, 4.69) is 15.9 Å². The maximum absolute atomic E-state index is 12.5. The number of esters is 1. The summed E-state index contributed by atoms with van der Waals surface area (Å²) in [6.45, 7) is 2.03. The van der Waals surface area contributed by atoms with Crippen LogP contribution in [0.4, 0.5) is 11.4 Å². The van der Waals surface area contributed by atoms with E-state index in [1.807, 2.05) is 108 Å². The number of benzene rings is 3. The average Bonchev–Trinajstić information content (AvgIpc) is 3.25. The lowest BCUT2D eigenvalue weighted by Crippen LogP contribution is -2.53. The van der Waals surface area contributed by atoms with Crippen LogP contribution in [0.25, 0.3) is 0 Å². The Balaban J connectivity index is 1.66. The van der Waals surface area contributed by atoms with Crippen LogP contribution in [0.15, 0.2) is 106 Å². The summed E-state index contributed by atoms with van der Waals surface area (Å²) in [6, 6.07) is 25.9. The van der Waals surface area contributed by atoms with Gasteiger partial charge in [-0.25, -0.2) is 14.8 Å². The first-order chi connectivity index (χ1) is 16.5. The van der Waals surface area contributed by atoms with Crippen molar-refractivity contribution < 1.29 is 9.53 Å². The first kappa shape index (κ1) is 22.4. The molecule has 8 heteroatoms. The topological polar surface area (TPSA) is 57.5 Å². The zero-order valence-electron chi connectivity index (χ0n) is 18.6. The lowest BCUT2D eigenvalue weighted by molar-refractivity contribution is -0.132. The van der Waals surface area contributed by atoms with Gasteiger partial charge in [0.15, 0.2) is 0 Å². The second-order valence-corrected chi connectivity index (χ2v) is 9.88. The number of anilines is 2. The van der Waals surface area contributed by atoms with Gasteiger partial charge in [-0.2, -0.15) is 10.2 Å². The monoisotopic (exact) mass is 532 g/mol. The van der Waals surface area contributed by atoms with E-state index in [9.17, 15) is 4.79 Å². The summed E-state index contributed by atoms with van der Waals surface area (Å²) in [4.78, 5) is 11.6. The van der Waals surface area contributed by atoms with E-state index in [4.69, 9.17) is 14.9 Å². The molecule has 0 N–H and O–H groups in total. The average molecular weight is 533 g/mol. The van der Waals surface area contributed by atoms with Crippen molar-refractivity contribution in [1.29, 1.82) is 0 Å². The highest BCUT2D eigenvalue weighted by Crippen LogP contribution is 2.48. The Morgan fingerprint density at radius 1 is 0.912 bits per heavy atom. The Labute approximate surface area is 210 Å². The number of rotatable bonds is 4. The molecule has 0 amide bonds. The van der Waals surface area contributed by atoms with Gasteiger partial charge in [-0.3, -0.25) is 0 Å². The zero-order chi connectivity index (χ0) is 23.7. The molecule has 0 saturated heterocycles. The molecule has 0 bridgehead atoms. The SMILES string of the molecule is COC(=O)C1=NN(c2ccc(C)cc2)[C@]2(C=CC(c3ccc(Br)cc3)=NN2c2ccccc2)S1. The Bertz CT molecular complexity index is 1310. The van der Waals surface area contributed by atoms with Gasteiger partial charge in [-0.1, -0.05) is 64.0 Å². The van der Waals surface area contributed by atoms with Crippen LogP contribution in [0.1, 0.15) is 11.1 Å². The number of aryl methyl sites for hydroxylation is 1. The number of ether oxygens (including phenoxy) is 1. The van der Waals surface area contributed by atoms with E-state index in [-0.39, 0.29) is 5.04 Å². The van der Waals surface area contributed by atoms with Crippen LogP contribution >= 0.6 is 27.7 Å². The van der Waals surface area contributed by atoms with Crippen molar-refractivity contribution in [2.45, 2.75) is 11.9 Å². The smallest absolute Gasteiger partial charge is 0.365 e. The maximum Gasteiger partial charge on any atom is 0.365 e. The molecule has 2 aliphatic heterocycles. The maximum atomic E-state index is 12.5. The number of carbonyl (C=O) groups is 1. The van der Waals surface area contributed by atoms with E-state index in [0.717, 1.165) is 32.7 Å². The fourth-order valence-corrected chi connectivity index (χ4v) is 5.20. The molecule has 2 heterocycles. The van der Waals surface area contributed by atoms with Gasteiger partial charge in [0, 0.05) is 10.0 Å². The molecule has 0 saturated carbocycles. The molecule has 34 heavy (non-hydrogen) atoms. The van der Waals surface area contributed by atoms with E-state index in [1.54, 1.807) is 0 Å². The van der Waals surface area contributed by atoms with Gasteiger partial charge in [0.1, 0.15) is 0 Å². The highest BCUT2D eigenvalue weighted by molar-refractivity contribution is 9.10. The summed E-state index contributed by atoms with van der Waals surface area (Å²) in [7, 11) is 1.36. The first-order valence-electron chi connectivity index (χ1n) is 10.6. The van der Waals surface area contributed by atoms with E-state index in [0.29, 0.717) is 0 Å². The van der Waals surface area contributed by atoms with Crippen molar-refractivity contribution in [2.24, 2.45) is 10.2 Å². The third-order valence-electron chi connectivity index (χ3n) is 5.49. The summed E-state index contributed by atoms with van der Waals surface area (Å²) in [5.74, 6) is -0.483. The van der Waals surface area contributed by atoms with Crippen LogP contribution in [0.2, 0.25) is 0 Å². The predicted octanol–water partition coefficient (Wildman–Crippen LogP) is 5.93. The Kier molecular flexibility index (Phi) is 6.02. The summed E-state index contributed by atoms with van der Waals surface area (Å²) in [5, 5.41) is 13.8. The standard InChI is InChI=1S/C26H21BrN4O2S/c1-18-8-14-22(15-9-18)31-26(34-24(29-31)25(32)33-2)17-16-23(19-10-12-20(27)13-11-19)28-30(26)21-6-4-3-5-7-21/h3-17H,1-2H3/t26-/m1/s1. The summed E-state index contributed by atoms with van der Waals surface area (Å²) >= 11 is 4.80. The lowest BCUT2D eigenvalue weighted by atomic mass is 10.1. The molecule has 3 aromatic rings. The minimum atomic E-state index is -0.932. The third kappa shape index (κ3) is 4.03. The van der Waals surface area contributed by atoms with Crippen molar-refractivity contribution in [3.05, 3.63) is 107 Å². The Hall–Kier alpha value is -3.36. The van der Waals surface area contributed by atoms with Gasteiger partial charge in [-0.05, 0) is 67.2 Å². The van der Waals surface area contributed by atoms with Crippen molar-refractivity contribution in [2.75, 3.05) is 17.1 Å². The predicted molar refractivity (Wildman–Crippen MR) is 142 cm³/mol. The number of para-hydroxylation sites is 1. The van der Waals surface area contributed by atoms with Crippen molar-refractivity contribution >= 4 is 55.8 Å². The van der Waals surface area contributed by atoms with Crippen LogP contribution in [-0.4, -0.2) is 28.8 Å². The highest BCUT2D eigenvalue weighted by atomic mass is 79.9. The molecule has 0 unspecified atom stereocenters. The molecule has 5 rings (SSSR count). The van der Waals surface area contributed by atoms with Crippen molar-refractivity contribution in [1.82, 2.24) is 0 Å². The second kappa shape index (κ2) is 9.12. The van der Waals surface area contributed by atoms with Crippen LogP contribution in [-0.2, 0) is 9.53 Å². The molecule has 6 nitrogen and oxygen atoms in total. The molecular weight excluding hydrogens is 512 g/mol. The lowest BCUT2D eigenvalue weighted by Gasteiger charge is -2.43. The van der Waals surface area contributed by atoms with Crippen molar-refractivity contribution in [3.63, 3.8) is 0 Å². The molecule has 1 spiro atoms. The molecule has 2 aliphatic rings. The van der Waals surface area contributed by atoms with Gasteiger partial charge in [0.2, 0.25) is 10.0 Å². The molecule has 0 fully saturated rings. The highest BCUT2D eigenvalue weighted by Gasteiger charge is 2.51. The second-order valence-electron chi connectivity index (χ2n) is 7.78. The van der Waals surface area contributed by atoms with Crippen LogP contribution < -0.4 is 10.0 Å².